The summed E-state index contributed by atoms with van der Waals surface area (Å²) < 4.78 is 1.91. The van der Waals surface area contributed by atoms with E-state index in [1.165, 1.54) is 0 Å². The number of hydrogen-bond acceptors (Lipinski definition) is 4. The first-order valence-electron chi connectivity index (χ1n) is 8.18. The molecule has 4 rings (SSSR count). The quantitative estimate of drug-likeness (QED) is 0.741. The number of imidazole rings is 1. The van der Waals surface area contributed by atoms with Gasteiger partial charge < -0.3 is 9.47 Å². The number of benzene rings is 1. The number of hydrogen-bond donors (Lipinski definition) is 0. The Hall–Kier alpha value is -2.76. The molecule has 0 spiro atoms. The molecule has 2 aromatic heterocycles. The highest BCUT2D eigenvalue weighted by molar-refractivity contribution is 5.80. The van der Waals surface area contributed by atoms with Gasteiger partial charge in [0.25, 0.3) is 0 Å². The average Bonchev–Trinajstić information content (AvgIpc) is 3.23. The maximum atomic E-state index is 12.6. The summed E-state index contributed by atoms with van der Waals surface area (Å²) in [6.07, 6.45) is 4.44. The largest absolute Gasteiger partial charge is 0.340 e. The molecule has 0 aliphatic carbocycles. The van der Waals surface area contributed by atoms with E-state index in [0.717, 1.165) is 35.5 Å². The molecular weight excluding hydrogens is 302 g/mol. The minimum atomic E-state index is 0.119. The van der Waals surface area contributed by atoms with Crippen LogP contribution >= 0.6 is 0 Å². The van der Waals surface area contributed by atoms with Crippen molar-refractivity contribution in [3.05, 3.63) is 54.4 Å². The molecule has 0 radical (unpaired) electrons. The number of carbonyl (C=O) groups excluding carboxylic acids is 1. The molecule has 0 bridgehead atoms. The number of rotatable bonds is 3. The minimum Gasteiger partial charge on any atom is -0.340 e. The van der Waals surface area contributed by atoms with E-state index in [1.807, 2.05) is 46.7 Å². The zero-order valence-electron chi connectivity index (χ0n) is 13.6. The summed E-state index contributed by atoms with van der Waals surface area (Å²) in [5.41, 5.74) is 2.87. The highest BCUT2D eigenvalue weighted by Gasteiger charge is 2.29. The molecule has 1 aliphatic heterocycles. The highest BCUT2D eigenvalue weighted by atomic mass is 16.2. The Labute approximate surface area is 140 Å². The van der Waals surface area contributed by atoms with Crippen LogP contribution in [0.15, 0.2) is 42.9 Å². The first-order valence-corrected chi connectivity index (χ1v) is 8.18. The van der Waals surface area contributed by atoms with Gasteiger partial charge in [-0.1, -0.05) is 12.1 Å². The van der Waals surface area contributed by atoms with Crippen LogP contribution in [-0.4, -0.2) is 43.4 Å². The summed E-state index contributed by atoms with van der Waals surface area (Å²) in [6.45, 7) is 3.73. The van der Waals surface area contributed by atoms with Crippen molar-refractivity contribution in [2.75, 3.05) is 13.1 Å². The molecule has 0 N–H and O–H groups in total. The lowest BCUT2D eigenvalue weighted by atomic mass is 10.1. The molecule has 6 nitrogen and oxygen atoms in total. The van der Waals surface area contributed by atoms with E-state index in [0.29, 0.717) is 13.1 Å². The van der Waals surface area contributed by atoms with Gasteiger partial charge in [0.05, 0.1) is 17.4 Å². The van der Waals surface area contributed by atoms with Crippen LogP contribution in [0.25, 0.3) is 11.0 Å². The highest BCUT2D eigenvalue weighted by Crippen LogP contribution is 2.25. The summed E-state index contributed by atoms with van der Waals surface area (Å²) >= 11 is 0. The van der Waals surface area contributed by atoms with Gasteiger partial charge in [0, 0.05) is 30.9 Å². The summed E-state index contributed by atoms with van der Waals surface area (Å²) in [5, 5.41) is 0. The number of para-hydroxylation sites is 2. The van der Waals surface area contributed by atoms with Gasteiger partial charge in [-0.3, -0.25) is 4.79 Å². The number of nitrogens with zero attached hydrogens (tertiary/aromatic N) is 5. The number of amides is 1. The molecule has 3 heterocycles. The van der Waals surface area contributed by atoms with Crippen molar-refractivity contribution in [2.45, 2.75) is 25.8 Å². The molecule has 1 saturated heterocycles. The minimum absolute atomic E-state index is 0.119. The van der Waals surface area contributed by atoms with E-state index in [1.54, 1.807) is 12.5 Å². The third kappa shape index (κ3) is 2.75. The Balaban J connectivity index is 1.46. The molecule has 0 unspecified atom stereocenters. The number of aromatic nitrogens is 4. The van der Waals surface area contributed by atoms with Gasteiger partial charge in [-0.2, -0.15) is 0 Å². The van der Waals surface area contributed by atoms with Crippen LogP contribution in [0.4, 0.5) is 0 Å². The molecule has 1 amide bonds. The van der Waals surface area contributed by atoms with Crippen molar-refractivity contribution in [3.8, 4) is 0 Å². The normalized spacial score (nSPS) is 17.5. The first kappa shape index (κ1) is 14.8. The first-order chi connectivity index (χ1) is 11.7. The predicted molar refractivity (Wildman–Crippen MR) is 90.4 cm³/mol. The summed E-state index contributed by atoms with van der Waals surface area (Å²) in [7, 11) is 0. The van der Waals surface area contributed by atoms with Gasteiger partial charge in [-0.15, -0.1) is 0 Å². The average molecular weight is 321 g/mol. The molecule has 122 valence electrons. The van der Waals surface area contributed by atoms with E-state index in [4.69, 9.17) is 0 Å². The Bertz CT molecular complexity index is 888. The van der Waals surface area contributed by atoms with E-state index < -0.39 is 0 Å². The van der Waals surface area contributed by atoms with Crippen LogP contribution in [0.5, 0.6) is 0 Å². The number of likely N-dealkylation sites (tertiary alicyclic amines) is 1. The fraction of sp³-hybridized carbons (Fsp3) is 0.333. The second-order valence-electron chi connectivity index (χ2n) is 6.24. The van der Waals surface area contributed by atoms with Crippen molar-refractivity contribution in [2.24, 2.45) is 0 Å². The van der Waals surface area contributed by atoms with Gasteiger partial charge in [0.15, 0.2) is 0 Å². The van der Waals surface area contributed by atoms with Crippen LogP contribution in [0.2, 0.25) is 0 Å². The molecule has 1 aliphatic rings. The summed E-state index contributed by atoms with van der Waals surface area (Å²) in [4.78, 5) is 27.8. The van der Waals surface area contributed by atoms with E-state index in [9.17, 15) is 4.79 Å². The van der Waals surface area contributed by atoms with E-state index in [-0.39, 0.29) is 11.8 Å². The standard InChI is InChI=1S/C18H19N5O/c1-13-6-8-19-18(21-13)14-7-9-22(10-14)17(24)11-23-12-20-15-4-2-3-5-16(15)23/h2-6,8,12,14H,7,9-11H2,1H3/t14-/m1/s1. The van der Waals surface area contributed by atoms with Crippen molar-refractivity contribution < 1.29 is 4.79 Å². The van der Waals surface area contributed by atoms with Crippen molar-refractivity contribution >= 4 is 16.9 Å². The SMILES string of the molecule is Cc1ccnc([C@@H]2CCN(C(=O)Cn3cnc4ccccc43)C2)n1. The van der Waals surface area contributed by atoms with Gasteiger partial charge >= 0.3 is 0 Å². The van der Waals surface area contributed by atoms with Gasteiger partial charge in [0.1, 0.15) is 12.4 Å². The third-order valence-corrected chi connectivity index (χ3v) is 4.55. The molecule has 3 aromatic rings. The Morgan fingerprint density at radius 1 is 1.25 bits per heavy atom. The number of fused-ring (bicyclic) bond motifs is 1. The van der Waals surface area contributed by atoms with Gasteiger partial charge in [0.2, 0.25) is 5.91 Å². The van der Waals surface area contributed by atoms with Crippen LogP contribution in [0.1, 0.15) is 23.9 Å². The smallest absolute Gasteiger partial charge is 0.242 e. The molecule has 1 atom stereocenters. The monoisotopic (exact) mass is 321 g/mol. The van der Waals surface area contributed by atoms with E-state index >= 15 is 0 Å². The lowest BCUT2D eigenvalue weighted by molar-refractivity contribution is -0.130. The van der Waals surface area contributed by atoms with Crippen LogP contribution in [0.3, 0.4) is 0 Å². The Morgan fingerprint density at radius 2 is 2.12 bits per heavy atom. The lowest BCUT2D eigenvalue weighted by Crippen LogP contribution is -2.31. The van der Waals surface area contributed by atoms with Crippen LogP contribution in [0, 0.1) is 6.92 Å². The molecule has 1 fully saturated rings. The fourth-order valence-electron chi connectivity index (χ4n) is 3.24. The van der Waals surface area contributed by atoms with Gasteiger partial charge in [-0.25, -0.2) is 15.0 Å². The summed E-state index contributed by atoms with van der Waals surface area (Å²) in [5.74, 6) is 1.19. The second kappa shape index (κ2) is 6.03. The maximum absolute atomic E-state index is 12.6. The number of carbonyl (C=O) groups is 1. The van der Waals surface area contributed by atoms with Crippen molar-refractivity contribution in [1.29, 1.82) is 0 Å². The van der Waals surface area contributed by atoms with Crippen molar-refractivity contribution in [3.63, 3.8) is 0 Å². The fourth-order valence-corrected chi connectivity index (χ4v) is 3.24. The lowest BCUT2D eigenvalue weighted by Gasteiger charge is -2.17. The Morgan fingerprint density at radius 3 is 3.00 bits per heavy atom. The van der Waals surface area contributed by atoms with E-state index in [2.05, 4.69) is 15.0 Å². The second-order valence-corrected chi connectivity index (χ2v) is 6.24. The van der Waals surface area contributed by atoms with Gasteiger partial charge in [-0.05, 0) is 31.5 Å². The zero-order chi connectivity index (χ0) is 16.5. The molecule has 6 heteroatoms. The topological polar surface area (TPSA) is 63.9 Å². The van der Waals surface area contributed by atoms with Crippen molar-refractivity contribution in [1.82, 2.24) is 24.4 Å². The van der Waals surface area contributed by atoms with Crippen LogP contribution in [-0.2, 0) is 11.3 Å². The Kier molecular flexibility index (Phi) is 3.72. The third-order valence-electron chi connectivity index (χ3n) is 4.55. The molecule has 0 saturated carbocycles. The molecular formula is C18H19N5O. The zero-order valence-corrected chi connectivity index (χ0v) is 13.6. The predicted octanol–water partition coefficient (Wildman–Crippen LogP) is 2.15. The maximum Gasteiger partial charge on any atom is 0.242 e. The molecule has 1 aromatic carbocycles. The van der Waals surface area contributed by atoms with Crippen LogP contribution < -0.4 is 0 Å². The summed E-state index contributed by atoms with van der Waals surface area (Å²) in [6, 6.07) is 9.76. The molecule has 24 heavy (non-hydrogen) atoms. The number of aryl methyl sites for hydroxylation is 1.